The van der Waals surface area contributed by atoms with Crippen LogP contribution < -0.4 is 10.0 Å². The SMILES string of the molecule is Cc1c(NS(=O)(=O)c2ccccc2)cccc1C(=O)Nc1nnc(-c2ccccc2)s1. The maximum absolute atomic E-state index is 12.8. The Balaban J connectivity index is 1.54. The summed E-state index contributed by atoms with van der Waals surface area (Å²) in [4.78, 5) is 13.0. The molecule has 4 rings (SSSR count). The Morgan fingerprint density at radius 2 is 1.55 bits per heavy atom. The number of hydrogen-bond donors (Lipinski definition) is 2. The van der Waals surface area contributed by atoms with E-state index in [1.165, 1.54) is 23.5 Å². The summed E-state index contributed by atoms with van der Waals surface area (Å²) in [5, 5.41) is 11.9. The first kappa shape index (κ1) is 20.7. The second-order valence-corrected chi connectivity index (χ2v) is 9.29. The van der Waals surface area contributed by atoms with Crippen LogP contribution in [0.15, 0.2) is 83.8 Å². The van der Waals surface area contributed by atoms with E-state index in [1.807, 2.05) is 30.3 Å². The van der Waals surface area contributed by atoms with Gasteiger partial charge in [-0.25, -0.2) is 8.42 Å². The van der Waals surface area contributed by atoms with E-state index in [0.29, 0.717) is 27.0 Å². The zero-order chi connectivity index (χ0) is 21.8. The number of benzene rings is 3. The number of carbonyl (C=O) groups excluding carboxylic acids is 1. The van der Waals surface area contributed by atoms with Crippen molar-refractivity contribution < 1.29 is 13.2 Å². The van der Waals surface area contributed by atoms with Crippen LogP contribution in [0.4, 0.5) is 10.8 Å². The molecule has 9 heteroatoms. The molecule has 0 unspecified atom stereocenters. The van der Waals surface area contributed by atoms with Gasteiger partial charge in [0.2, 0.25) is 5.13 Å². The van der Waals surface area contributed by atoms with Crippen molar-refractivity contribution >= 4 is 38.1 Å². The Hall–Kier alpha value is -3.56. The normalized spacial score (nSPS) is 11.1. The van der Waals surface area contributed by atoms with Crippen molar-refractivity contribution in [3.8, 4) is 10.6 Å². The molecule has 156 valence electrons. The second kappa shape index (κ2) is 8.66. The van der Waals surface area contributed by atoms with E-state index < -0.39 is 15.9 Å². The van der Waals surface area contributed by atoms with Crippen molar-refractivity contribution in [1.82, 2.24) is 10.2 Å². The first-order valence-electron chi connectivity index (χ1n) is 9.32. The molecule has 7 nitrogen and oxygen atoms in total. The molecule has 0 atom stereocenters. The third kappa shape index (κ3) is 4.62. The maximum Gasteiger partial charge on any atom is 0.261 e. The number of hydrogen-bond acceptors (Lipinski definition) is 6. The Labute approximate surface area is 183 Å². The predicted octanol–water partition coefficient (Wildman–Crippen LogP) is 4.57. The Morgan fingerprint density at radius 3 is 2.26 bits per heavy atom. The molecule has 1 aromatic heterocycles. The van der Waals surface area contributed by atoms with Crippen LogP contribution in [0.25, 0.3) is 10.6 Å². The highest BCUT2D eigenvalue weighted by atomic mass is 32.2. The largest absolute Gasteiger partial charge is 0.296 e. The minimum atomic E-state index is -3.77. The maximum atomic E-state index is 12.8. The zero-order valence-electron chi connectivity index (χ0n) is 16.4. The van der Waals surface area contributed by atoms with E-state index in [1.54, 1.807) is 43.3 Å². The molecule has 0 radical (unpaired) electrons. The monoisotopic (exact) mass is 450 g/mol. The molecule has 0 spiro atoms. The van der Waals surface area contributed by atoms with E-state index in [2.05, 4.69) is 20.2 Å². The van der Waals surface area contributed by atoms with Crippen molar-refractivity contribution in [3.05, 3.63) is 90.0 Å². The van der Waals surface area contributed by atoms with Gasteiger partial charge in [0, 0.05) is 11.1 Å². The first-order valence-corrected chi connectivity index (χ1v) is 11.6. The number of nitrogens with zero attached hydrogens (tertiary/aromatic N) is 2. The number of rotatable bonds is 6. The van der Waals surface area contributed by atoms with Gasteiger partial charge < -0.3 is 0 Å². The summed E-state index contributed by atoms with van der Waals surface area (Å²) in [5.74, 6) is -0.394. The molecule has 0 bridgehead atoms. The number of sulfonamides is 1. The third-order valence-electron chi connectivity index (χ3n) is 4.54. The molecule has 1 heterocycles. The predicted molar refractivity (Wildman–Crippen MR) is 122 cm³/mol. The summed E-state index contributed by atoms with van der Waals surface area (Å²) >= 11 is 1.26. The van der Waals surface area contributed by atoms with Crippen LogP contribution in [-0.4, -0.2) is 24.5 Å². The van der Waals surface area contributed by atoms with E-state index in [9.17, 15) is 13.2 Å². The topological polar surface area (TPSA) is 101 Å². The van der Waals surface area contributed by atoms with Crippen molar-refractivity contribution in [2.75, 3.05) is 10.0 Å². The Bertz CT molecular complexity index is 1320. The van der Waals surface area contributed by atoms with E-state index in [4.69, 9.17) is 0 Å². The third-order valence-corrected chi connectivity index (χ3v) is 6.81. The summed E-state index contributed by atoms with van der Waals surface area (Å²) in [6.07, 6.45) is 0. The molecule has 0 saturated heterocycles. The van der Waals surface area contributed by atoms with Crippen molar-refractivity contribution in [2.45, 2.75) is 11.8 Å². The molecule has 0 saturated carbocycles. The molecule has 31 heavy (non-hydrogen) atoms. The molecule has 0 aliphatic heterocycles. The van der Waals surface area contributed by atoms with Gasteiger partial charge in [0.05, 0.1) is 10.6 Å². The lowest BCUT2D eigenvalue weighted by molar-refractivity contribution is 0.102. The molecule has 0 fully saturated rings. The van der Waals surface area contributed by atoms with Crippen LogP contribution in [0.5, 0.6) is 0 Å². The number of anilines is 2. The Morgan fingerprint density at radius 1 is 0.871 bits per heavy atom. The first-order chi connectivity index (χ1) is 14.9. The molecular weight excluding hydrogens is 432 g/mol. The van der Waals surface area contributed by atoms with E-state index >= 15 is 0 Å². The van der Waals surface area contributed by atoms with Gasteiger partial charge in [0.1, 0.15) is 5.01 Å². The van der Waals surface area contributed by atoms with Crippen molar-refractivity contribution in [3.63, 3.8) is 0 Å². The lowest BCUT2D eigenvalue weighted by Crippen LogP contribution is -2.17. The fourth-order valence-corrected chi connectivity index (χ4v) is 4.82. The number of nitrogens with one attached hydrogen (secondary N) is 2. The molecular formula is C22H18N4O3S2. The molecule has 3 aromatic carbocycles. The lowest BCUT2D eigenvalue weighted by atomic mass is 10.1. The van der Waals surface area contributed by atoms with Crippen LogP contribution in [0.2, 0.25) is 0 Å². The molecule has 0 aliphatic rings. The Kier molecular flexibility index (Phi) is 5.79. The van der Waals surface area contributed by atoms with Gasteiger partial charge in [-0.05, 0) is 36.8 Å². The fourth-order valence-electron chi connectivity index (χ4n) is 2.93. The van der Waals surface area contributed by atoms with Gasteiger partial charge in [-0.3, -0.25) is 14.8 Å². The van der Waals surface area contributed by atoms with Gasteiger partial charge >= 0.3 is 0 Å². The second-order valence-electron chi connectivity index (χ2n) is 6.63. The van der Waals surface area contributed by atoms with E-state index in [0.717, 1.165) is 5.56 Å². The summed E-state index contributed by atoms with van der Waals surface area (Å²) < 4.78 is 27.8. The molecule has 1 amide bonds. The molecule has 0 aliphatic carbocycles. The highest BCUT2D eigenvalue weighted by molar-refractivity contribution is 7.92. The fraction of sp³-hybridized carbons (Fsp3) is 0.0455. The average molecular weight is 451 g/mol. The smallest absolute Gasteiger partial charge is 0.261 e. The van der Waals surface area contributed by atoms with Crippen LogP contribution >= 0.6 is 11.3 Å². The minimum Gasteiger partial charge on any atom is -0.296 e. The van der Waals surface area contributed by atoms with Gasteiger partial charge in [-0.2, -0.15) is 0 Å². The number of carbonyl (C=O) groups is 1. The van der Waals surface area contributed by atoms with Crippen LogP contribution in [0.3, 0.4) is 0 Å². The van der Waals surface area contributed by atoms with Crippen molar-refractivity contribution in [2.24, 2.45) is 0 Å². The van der Waals surface area contributed by atoms with E-state index in [-0.39, 0.29) is 4.90 Å². The van der Waals surface area contributed by atoms with Crippen LogP contribution in [0, 0.1) is 6.92 Å². The molecule has 2 N–H and O–H groups in total. The van der Waals surface area contributed by atoms with Gasteiger partial charge in [-0.15, -0.1) is 10.2 Å². The van der Waals surface area contributed by atoms with Crippen LogP contribution in [0.1, 0.15) is 15.9 Å². The quantitative estimate of drug-likeness (QED) is 0.448. The van der Waals surface area contributed by atoms with Gasteiger partial charge in [0.15, 0.2) is 0 Å². The van der Waals surface area contributed by atoms with Gasteiger partial charge in [-0.1, -0.05) is 65.9 Å². The summed E-state index contributed by atoms with van der Waals surface area (Å²) in [6.45, 7) is 1.69. The van der Waals surface area contributed by atoms with Gasteiger partial charge in [0.25, 0.3) is 15.9 Å². The highest BCUT2D eigenvalue weighted by Crippen LogP contribution is 2.27. The summed E-state index contributed by atoms with van der Waals surface area (Å²) in [6, 6.07) is 22.5. The summed E-state index contributed by atoms with van der Waals surface area (Å²) in [5.41, 5.74) is 2.09. The minimum absolute atomic E-state index is 0.145. The zero-order valence-corrected chi connectivity index (χ0v) is 18.1. The summed E-state index contributed by atoms with van der Waals surface area (Å²) in [7, 11) is -3.77. The van der Waals surface area contributed by atoms with Crippen molar-refractivity contribution in [1.29, 1.82) is 0 Å². The standard InChI is InChI=1S/C22H18N4O3S2/c1-15-18(13-8-14-19(15)26-31(28,29)17-11-6-3-7-12-17)20(27)23-22-25-24-21(30-22)16-9-4-2-5-10-16/h2-14,26H,1H3,(H,23,25,27). The number of amides is 1. The van der Waals surface area contributed by atoms with Crippen LogP contribution in [-0.2, 0) is 10.0 Å². The molecule has 4 aromatic rings. The highest BCUT2D eigenvalue weighted by Gasteiger charge is 2.19. The number of aromatic nitrogens is 2. The average Bonchev–Trinajstić information content (AvgIpc) is 3.25. The lowest BCUT2D eigenvalue weighted by Gasteiger charge is -2.13.